The average Bonchev–Trinajstić information content (AvgIpc) is 2.86. The first kappa shape index (κ1) is 32.8. The zero-order valence-corrected chi connectivity index (χ0v) is 24.9. The highest BCUT2D eigenvalue weighted by atomic mass is 16.6. The number of carbonyl (C=O) groups excluding carboxylic acids is 1. The molecule has 0 fully saturated rings. The van der Waals surface area contributed by atoms with Gasteiger partial charge in [0.1, 0.15) is 17.5 Å². The van der Waals surface area contributed by atoms with Crippen LogP contribution in [0.3, 0.4) is 0 Å². The first-order chi connectivity index (χ1) is 18.4. The molecule has 1 aliphatic heterocycles. The number of carbonyl (C=O) groups is 1. The molecule has 7 atom stereocenters. The maximum absolute atomic E-state index is 11.7. The van der Waals surface area contributed by atoms with Gasteiger partial charge < -0.3 is 24.4 Å². The van der Waals surface area contributed by atoms with Gasteiger partial charge in [-0.1, -0.05) is 50.3 Å². The molecule has 1 aliphatic rings. The van der Waals surface area contributed by atoms with Crippen LogP contribution in [0.4, 0.5) is 0 Å². The van der Waals surface area contributed by atoms with Gasteiger partial charge in [-0.2, -0.15) is 0 Å². The molecule has 0 saturated carbocycles. The Morgan fingerprint density at radius 3 is 2.69 bits per heavy atom. The number of hydrogen-bond acceptors (Lipinski definition) is 6. The van der Waals surface area contributed by atoms with Crippen molar-refractivity contribution in [3.8, 4) is 5.75 Å². The summed E-state index contributed by atoms with van der Waals surface area (Å²) in [7, 11) is 0. The van der Waals surface area contributed by atoms with E-state index in [1.165, 1.54) is 12.5 Å². The standard InChI is InChI=1S/C33H50O6/c1-8-37-30-14-10-13-28(22-30)17-15-23(2)11-9-12-24(3)32-25(4)16-18-31(39-27(6)34)33(7,36)20-19-29(35)21-26(5)38-32/h9-14,16,18,22-23,25-26,29,31-32,35-36H,8,15,17,19-21H2,1-7H3/b11-9+,18-16+,24-12+/t23?,25-,26?,29+,31-,32+,33+/m0/s1. The number of hydrogen-bond donors (Lipinski definition) is 2. The minimum atomic E-state index is -1.28. The van der Waals surface area contributed by atoms with Crippen LogP contribution < -0.4 is 4.74 Å². The highest BCUT2D eigenvalue weighted by molar-refractivity contribution is 5.66. The lowest BCUT2D eigenvalue weighted by Gasteiger charge is -2.33. The van der Waals surface area contributed by atoms with Crippen LogP contribution in [0.15, 0.2) is 60.2 Å². The van der Waals surface area contributed by atoms with E-state index < -0.39 is 23.8 Å². The Kier molecular flexibility index (Phi) is 13.5. The van der Waals surface area contributed by atoms with E-state index in [4.69, 9.17) is 14.2 Å². The molecule has 6 heteroatoms. The second-order valence-electron chi connectivity index (χ2n) is 11.3. The Morgan fingerprint density at radius 1 is 1.26 bits per heavy atom. The van der Waals surface area contributed by atoms with E-state index in [9.17, 15) is 15.0 Å². The van der Waals surface area contributed by atoms with Crippen LogP contribution in [0.2, 0.25) is 0 Å². The van der Waals surface area contributed by atoms with Gasteiger partial charge in [0.05, 0.1) is 24.9 Å². The molecule has 1 aromatic rings. The number of benzene rings is 1. The summed E-state index contributed by atoms with van der Waals surface area (Å²) in [4.78, 5) is 11.7. The van der Waals surface area contributed by atoms with E-state index in [1.54, 1.807) is 13.0 Å². The fraction of sp³-hybridized carbons (Fsp3) is 0.606. The Hall–Kier alpha value is -2.41. The number of allylic oxidation sites excluding steroid dienone is 3. The third-order valence-electron chi connectivity index (χ3n) is 7.28. The second-order valence-corrected chi connectivity index (χ2v) is 11.3. The molecule has 1 aromatic carbocycles. The third-order valence-corrected chi connectivity index (χ3v) is 7.28. The van der Waals surface area contributed by atoms with Gasteiger partial charge in [0, 0.05) is 12.8 Å². The van der Waals surface area contributed by atoms with E-state index in [0.29, 0.717) is 31.8 Å². The molecule has 0 aliphatic carbocycles. The summed E-state index contributed by atoms with van der Waals surface area (Å²) in [5.74, 6) is 0.822. The SMILES string of the molecule is CCOc1cccc(CCC(C)/C=C/C=C(\C)[C@H]2OC(C)C[C@H](O)CC[C@@](C)(O)[C@@H](OC(C)=O)/C=C/[C@@H]2C)c1. The molecule has 0 amide bonds. The quantitative estimate of drug-likeness (QED) is 0.215. The van der Waals surface area contributed by atoms with Crippen LogP contribution >= 0.6 is 0 Å². The molecule has 218 valence electrons. The molecule has 39 heavy (non-hydrogen) atoms. The fourth-order valence-corrected chi connectivity index (χ4v) is 4.92. The topological polar surface area (TPSA) is 85.2 Å². The van der Waals surface area contributed by atoms with Gasteiger partial charge in [-0.05, 0) is 95.1 Å². The van der Waals surface area contributed by atoms with Crippen LogP contribution in [0, 0.1) is 11.8 Å². The van der Waals surface area contributed by atoms with Gasteiger partial charge >= 0.3 is 5.97 Å². The summed E-state index contributed by atoms with van der Waals surface area (Å²) >= 11 is 0. The first-order valence-corrected chi connectivity index (χ1v) is 14.4. The Bertz CT molecular complexity index is 978. The molecule has 0 spiro atoms. The lowest BCUT2D eigenvalue weighted by molar-refractivity contribution is -0.156. The fourth-order valence-electron chi connectivity index (χ4n) is 4.92. The molecule has 6 nitrogen and oxygen atoms in total. The Labute approximate surface area is 235 Å². The van der Waals surface area contributed by atoms with Crippen LogP contribution in [0.5, 0.6) is 5.75 Å². The molecule has 0 bridgehead atoms. The lowest BCUT2D eigenvalue weighted by Crippen LogP contribution is -2.42. The molecule has 2 rings (SSSR count). The van der Waals surface area contributed by atoms with Crippen molar-refractivity contribution in [1.82, 2.24) is 0 Å². The molecule has 1 heterocycles. The van der Waals surface area contributed by atoms with Crippen LogP contribution in [-0.2, 0) is 20.7 Å². The Balaban J connectivity index is 2.14. The molecular formula is C33H50O6. The van der Waals surface area contributed by atoms with Gasteiger partial charge in [-0.3, -0.25) is 4.79 Å². The summed E-state index contributed by atoms with van der Waals surface area (Å²) in [6.07, 6.45) is 11.5. The number of esters is 1. The Morgan fingerprint density at radius 2 is 2.00 bits per heavy atom. The third kappa shape index (κ3) is 11.7. The van der Waals surface area contributed by atoms with E-state index in [-0.39, 0.29) is 18.1 Å². The summed E-state index contributed by atoms with van der Waals surface area (Å²) in [5, 5.41) is 21.6. The van der Waals surface area contributed by atoms with Crippen molar-refractivity contribution in [1.29, 1.82) is 0 Å². The van der Waals surface area contributed by atoms with Crippen molar-refractivity contribution in [3.63, 3.8) is 0 Å². The van der Waals surface area contributed by atoms with Gasteiger partial charge in [-0.15, -0.1) is 0 Å². The van der Waals surface area contributed by atoms with E-state index in [1.807, 2.05) is 32.1 Å². The van der Waals surface area contributed by atoms with E-state index >= 15 is 0 Å². The molecule has 0 radical (unpaired) electrons. The normalized spacial score (nSPS) is 30.7. The van der Waals surface area contributed by atoms with E-state index in [0.717, 1.165) is 24.2 Å². The maximum atomic E-state index is 11.7. The number of ether oxygens (including phenoxy) is 3. The van der Waals surface area contributed by atoms with Crippen molar-refractivity contribution < 1.29 is 29.2 Å². The molecular weight excluding hydrogens is 492 g/mol. The summed E-state index contributed by atoms with van der Waals surface area (Å²) in [5.41, 5.74) is 1.06. The van der Waals surface area contributed by atoms with Crippen LogP contribution in [0.1, 0.15) is 79.7 Å². The molecule has 0 aromatic heterocycles. The maximum Gasteiger partial charge on any atom is 0.303 e. The first-order valence-electron chi connectivity index (χ1n) is 14.4. The van der Waals surface area contributed by atoms with Gasteiger partial charge in [0.25, 0.3) is 0 Å². The van der Waals surface area contributed by atoms with Crippen molar-refractivity contribution in [2.45, 2.75) is 111 Å². The summed E-state index contributed by atoms with van der Waals surface area (Å²) < 4.78 is 17.5. The predicted molar refractivity (Wildman–Crippen MR) is 157 cm³/mol. The number of aliphatic hydroxyl groups excluding tert-OH is 1. The average molecular weight is 543 g/mol. The monoisotopic (exact) mass is 542 g/mol. The number of rotatable bonds is 9. The van der Waals surface area contributed by atoms with Crippen molar-refractivity contribution in [3.05, 3.63) is 65.8 Å². The molecule has 2 N–H and O–H groups in total. The molecule has 2 unspecified atom stereocenters. The smallest absolute Gasteiger partial charge is 0.303 e. The van der Waals surface area contributed by atoms with Gasteiger partial charge in [0.15, 0.2) is 0 Å². The van der Waals surface area contributed by atoms with Gasteiger partial charge in [0.2, 0.25) is 0 Å². The second kappa shape index (κ2) is 16.0. The van der Waals surface area contributed by atoms with Crippen LogP contribution in [-0.4, -0.2) is 52.8 Å². The largest absolute Gasteiger partial charge is 0.494 e. The van der Waals surface area contributed by atoms with Crippen molar-refractivity contribution >= 4 is 5.97 Å². The van der Waals surface area contributed by atoms with Crippen LogP contribution in [0.25, 0.3) is 0 Å². The lowest BCUT2D eigenvalue weighted by atomic mass is 9.88. The summed E-state index contributed by atoms with van der Waals surface area (Å²) in [6.45, 7) is 13.9. The van der Waals surface area contributed by atoms with E-state index in [2.05, 4.69) is 51.1 Å². The minimum Gasteiger partial charge on any atom is -0.494 e. The number of aliphatic hydroxyl groups is 2. The number of aryl methyl sites for hydroxylation is 1. The van der Waals surface area contributed by atoms with Gasteiger partial charge in [-0.25, -0.2) is 0 Å². The van der Waals surface area contributed by atoms with Crippen molar-refractivity contribution in [2.24, 2.45) is 11.8 Å². The highest BCUT2D eigenvalue weighted by Crippen LogP contribution is 2.28. The summed E-state index contributed by atoms with van der Waals surface area (Å²) in [6, 6.07) is 8.29. The zero-order valence-electron chi connectivity index (χ0n) is 24.9. The minimum absolute atomic E-state index is 0.0439. The molecule has 0 saturated heterocycles. The predicted octanol–water partition coefficient (Wildman–Crippen LogP) is 6.35. The highest BCUT2D eigenvalue weighted by Gasteiger charge is 2.34. The zero-order chi connectivity index (χ0) is 29.0. The van der Waals surface area contributed by atoms with Crippen molar-refractivity contribution in [2.75, 3.05) is 6.61 Å².